The maximum absolute atomic E-state index is 13.0. The van der Waals surface area contributed by atoms with Gasteiger partial charge in [-0.15, -0.1) is 0 Å². The maximum Gasteiger partial charge on any atom is 0.237 e. The van der Waals surface area contributed by atoms with Crippen molar-refractivity contribution in [1.82, 2.24) is 24.9 Å². The van der Waals surface area contributed by atoms with Gasteiger partial charge in [-0.2, -0.15) is 5.10 Å². The van der Waals surface area contributed by atoms with Crippen molar-refractivity contribution in [3.63, 3.8) is 0 Å². The Morgan fingerprint density at radius 2 is 2.00 bits per heavy atom. The van der Waals surface area contributed by atoms with Gasteiger partial charge in [0.05, 0.1) is 25.3 Å². The van der Waals surface area contributed by atoms with Crippen molar-refractivity contribution in [2.45, 2.75) is 46.3 Å². The third kappa shape index (κ3) is 5.07. The van der Waals surface area contributed by atoms with Gasteiger partial charge in [-0.3, -0.25) is 19.2 Å². The second-order valence-corrected chi connectivity index (χ2v) is 8.32. The third-order valence-corrected chi connectivity index (χ3v) is 6.20. The lowest BCUT2D eigenvalue weighted by Gasteiger charge is -2.36. The number of piperazine rings is 1. The van der Waals surface area contributed by atoms with Gasteiger partial charge in [0.2, 0.25) is 11.8 Å². The van der Waals surface area contributed by atoms with Crippen molar-refractivity contribution in [3.8, 4) is 5.75 Å². The molecule has 31 heavy (non-hydrogen) atoms. The van der Waals surface area contributed by atoms with Crippen LogP contribution in [0.1, 0.15) is 34.4 Å². The van der Waals surface area contributed by atoms with Gasteiger partial charge in [-0.25, -0.2) is 0 Å². The Hall–Kier alpha value is -2.87. The number of aryl methyl sites for hydroxylation is 2. The van der Waals surface area contributed by atoms with Crippen molar-refractivity contribution in [3.05, 3.63) is 46.3 Å². The van der Waals surface area contributed by atoms with E-state index < -0.39 is 6.04 Å². The lowest BCUT2D eigenvalue weighted by Crippen LogP contribution is -2.56. The number of carbonyl (C=O) groups is 2. The highest BCUT2D eigenvalue weighted by atomic mass is 16.5. The number of nitrogens with zero attached hydrogens (tertiary/aromatic N) is 4. The Labute approximate surface area is 184 Å². The number of benzene rings is 1. The smallest absolute Gasteiger partial charge is 0.237 e. The second kappa shape index (κ2) is 9.51. The normalized spacial score (nSPS) is 16.8. The highest BCUT2D eigenvalue weighted by Crippen LogP contribution is 2.26. The van der Waals surface area contributed by atoms with E-state index in [0.717, 1.165) is 33.7 Å². The summed E-state index contributed by atoms with van der Waals surface area (Å²) in [5.41, 5.74) is 5.31. The minimum atomic E-state index is -0.486. The average Bonchev–Trinajstić information content (AvgIpc) is 3.04. The molecule has 2 amide bonds. The van der Waals surface area contributed by atoms with E-state index in [0.29, 0.717) is 26.2 Å². The zero-order valence-electron chi connectivity index (χ0n) is 19.4. The van der Waals surface area contributed by atoms with Crippen LogP contribution in [0.5, 0.6) is 5.75 Å². The van der Waals surface area contributed by atoms with Gasteiger partial charge in [0.25, 0.3) is 0 Å². The maximum atomic E-state index is 13.0. The van der Waals surface area contributed by atoms with Crippen LogP contribution in [0.4, 0.5) is 0 Å². The first kappa shape index (κ1) is 22.8. The zero-order chi connectivity index (χ0) is 22.7. The molecule has 0 saturated carbocycles. The number of ether oxygens (including phenoxy) is 1. The minimum Gasteiger partial charge on any atom is -0.496 e. The largest absolute Gasteiger partial charge is 0.496 e. The molecular formula is C23H33N5O3. The summed E-state index contributed by atoms with van der Waals surface area (Å²) in [6.45, 7) is 8.43. The summed E-state index contributed by atoms with van der Waals surface area (Å²) in [5, 5.41) is 7.25. The van der Waals surface area contributed by atoms with Crippen molar-refractivity contribution < 1.29 is 14.3 Å². The van der Waals surface area contributed by atoms with Crippen molar-refractivity contribution in [2.24, 2.45) is 7.05 Å². The molecule has 0 unspecified atom stereocenters. The van der Waals surface area contributed by atoms with E-state index in [4.69, 9.17) is 4.74 Å². The van der Waals surface area contributed by atoms with E-state index in [-0.39, 0.29) is 18.2 Å². The first-order valence-corrected chi connectivity index (χ1v) is 10.6. The minimum absolute atomic E-state index is 0.0575. The fourth-order valence-corrected chi connectivity index (χ4v) is 4.11. The van der Waals surface area contributed by atoms with Crippen molar-refractivity contribution >= 4 is 11.8 Å². The van der Waals surface area contributed by atoms with Crippen LogP contribution in [0.25, 0.3) is 0 Å². The summed E-state index contributed by atoms with van der Waals surface area (Å²) in [4.78, 5) is 29.4. The van der Waals surface area contributed by atoms with Crippen LogP contribution < -0.4 is 10.1 Å². The summed E-state index contributed by atoms with van der Waals surface area (Å²) in [6.07, 6.45) is 2.07. The molecule has 0 spiro atoms. The molecule has 1 aliphatic heterocycles. The first-order chi connectivity index (χ1) is 14.7. The monoisotopic (exact) mass is 427 g/mol. The fraction of sp³-hybridized carbons (Fsp3) is 0.522. The number of aromatic nitrogens is 2. The molecular weight excluding hydrogens is 394 g/mol. The van der Waals surface area contributed by atoms with Crippen LogP contribution in [-0.2, 0) is 29.7 Å². The Morgan fingerprint density at radius 1 is 1.26 bits per heavy atom. The van der Waals surface area contributed by atoms with E-state index in [1.165, 1.54) is 0 Å². The molecule has 1 aromatic heterocycles. The quantitative estimate of drug-likeness (QED) is 0.728. The SMILES string of the molecule is COc1ccc(CN2CCNC(=O)[C@H]2CC(=O)N(C)Cc2cn(C)nc2C)c(C)c1C. The highest BCUT2D eigenvalue weighted by Gasteiger charge is 2.33. The molecule has 1 atom stereocenters. The van der Waals surface area contributed by atoms with Crippen molar-refractivity contribution in [2.75, 3.05) is 27.2 Å². The third-order valence-electron chi connectivity index (χ3n) is 6.20. The molecule has 0 bridgehead atoms. The Kier molecular flexibility index (Phi) is 7.00. The second-order valence-electron chi connectivity index (χ2n) is 8.32. The van der Waals surface area contributed by atoms with E-state index in [9.17, 15) is 9.59 Å². The summed E-state index contributed by atoms with van der Waals surface area (Å²) in [6, 6.07) is 3.52. The number of rotatable bonds is 7. The summed E-state index contributed by atoms with van der Waals surface area (Å²) >= 11 is 0. The Balaban J connectivity index is 1.72. The molecule has 8 heteroatoms. The number of amides is 2. The van der Waals surface area contributed by atoms with Gasteiger partial charge in [0, 0.05) is 52.0 Å². The zero-order valence-corrected chi connectivity index (χ0v) is 19.4. The average molecular weight is 428 g/mol. The molecule has 8 nitrogen and oxygen atoms in total. The predicted octanol–water partition coefficient (Wildman–Crippen LogP) is 1.70. The van der Waals surface area contributed by atoms with E-state index >= 15 is 0 Å². The topological polar surface area (TPSA) is 79.7 Å². The molecule has 2 heterocycles. The lowest BCUT2D eigenvalue weighted by molar-refractivity contribution is -0.138. The van der Waals surface area contributed by atoms with E-state index in [1.54, 1.807) is 23.7 Å². The van der Waals surface area contributed by atoms with Crippen molar-refractivity contribution in [1.29, 1.82) is 0 Å². The van der Waals surface area contributed by atoms with Gasteiger partial charge in [-0.1, -0.05) is 6.07 Å². The molecule has 3 rings (SSSR count). The van der Waals surface area contributed by atoms with Crippen LogP contribution in [0.15, 0.2) is 18.3 Å². The fourth-order valence-electron chi connectivity index (χ4n) is 4.11. The van der Waals surface area contributed by atoms with Gasteiger partial charge in [0.1, 0.15) is 5.75 Å². The molecule has 0 radical (unpaired) electrons. The van der Waals surface area contributed by atoms with E-state index in [2.05, 4.69) is 22.2 Å². The molecule has 1 aromatic carbocycles. The number of hydrogen-bond acceptors (Lipinski definition) is 5. The van der Waals surface area contributed by atoms with Crippen LogP contribution in [-0.4, -0.2) is 64.7 Å². The Morgan fingerprint density at radius 3 is 2.65 bits per heavy atom. The van der Waals surface area contributed by atoms with Gasteiger partial charge in [0.15, 0.2) is 0 Å². The molecule has 1 aliphatic rings. The first-order valence-electron chi connectivity index (χ1n) is 10.6. The molecule has 0 aliphatic carbocycles. The van der Waals surface area contributed by atoms with Gasteiger partial charge in [-0.05, 0) is 43.5 Å². The summed E-state index contributed by atoms with van der Waals surface area (Å²) < 4.78 is 7.16. The molecule has 2 aromatic rings. The standard InChI is InChI=1S/C23H33N5O3/c1-15-16(2)21(31-6)8-7-18(15)14-28-10-9-24-23(30)20(28)11-22(29)26(4)12-19-13-27(5)25-17(19)3/h7-8,13,20H,9-12,14H2,1-6H3,(H,24,30)/t20-/m1/s1. The summed E-state index contributed by atoms with van der Waals surface area (Å²) in [5.74, 6) is 0.711. The highest BCUT2D eigenvalue weighted by molar-refractivity contribution is 5.88. The van der Waals surface area contributed by atoms with Crippen LogP contribution >= 0.6 is 0 Å². The number of carbonyl (C=O) groups excluding carboxylic acids is 2. The number of hydrogen-bond donors (Lipinski definition) is 1. The molecule has 1 N–H and O–H groups in total. The van der Waals surface area contributed by atoms with E-state index in [1.807, 2.05) is 39.2 Å². The molecule has 168 valence electrons. The van der Waals surface area contributed by atoms with Gasteiger partial charge < -0.3 is 15.0 Å². The van der Waals surface area contributed by atoms with Crippen LogP contribution in [0.2, 0.25) is 0 Å². The lowest BCUT2D eigenvalue weighted by atomic mass is 10.00. The number of methoxy groups -OCH3 is 1. The van der Waals surface area contributed by atoms with Crippen LogP contribution in [0.3, 0.4) is 0 Å². The van der Waals surface area contributed by atoms with Gasteiger partial charge >= 0.3 is 0 Å². The Bertz CT molecular complexity index is 968. The van der Waals surface area contributed by atoms with Crippen LogP contribution in [0, 0.1) is 20.8 Å². The predicted molar refractivity (Wildman–Crippen MR) is 119 cm³/mol. The molecule has 1 saturated heterocycles. The number of nitrogens with one attached hydrogen (secondary N) is 1. The molecule has 1 fully saturated rings. The summed E-state index contributed by atoms with van der Waals surface area (Å²) in [7, 11) is 5.31.